The topological polar surface area (TPSA) is 255 Å². The van der Waals surface area contributed by atoms with Crippen LogP contribution in [-0.4, -0.2) is 75.6 Å². The number of hydrogen-bond donors (Lipinski definition) is 6. The summed E-state index contributed by atoms with van der Waals surface area (Å²) < 4.78 is 129. The quantitative estimate of drug-likeness (QED) is 0.0337. The monoisotopic (exact) mass is 1520 g/mol. The number of aliphatic carboxylic acids is 1. The van der Waals surface area contributed by atoms with Gasteiger partial charge in [-0.05, 0) is 132 Å². The highest BCUT2D eigenvalue weighted by Gasteiger charge is 2.27. The number of ether oxygens (including phenoxy) is 3. The fourth-order valence-electron chi connectivity index (χ4n) is 10.7. The predicted octanol–water partition coefficient (Wildman–Crippen LogP) is 18.3. The molecule has 7 aromatic carbocycles. The first-order valence-corrected chi connectivity index (χ1v) is 33.4. The number of nitrogens with zero attached hydrogens (tertiary/aromatic N) is 4. The van der Waals surface area contributed by atoms with Crippen LogP contribution in [0.3, 0.4) is 0 Å². The third-order valence-electron chi connectivity index (χ3n) is 15.7. The Kier molecular flexibility index (Phi) is 22.3. The molecule has 0 unspecified atom stereocenters. The average molecular weight is 1520 g/mol. The van der Waals surface area contributed by atoms with Crippen LogP contribution >= 0.6 is 31.9 Å². The van der Waals surface area contributed by atoms with Crippen molar-refractivity contribution < 1.29 is 63.7 Å². The Morgan fingerprint density at radius 3 is 1.36 bits per heavy atom. The lowest BCUT2D eigenvalue weighted by molar-refractivity contribution is -0.132. The summed E-state index contributed by atoms with van der Waals surface area (Å²) in [5.41, 5.74) is 23.5. The van der Waals surface area contributed by atoms with E-state index in [1.807, 2.05) is 61.5 Å². The number of pyridine rings is 3. The Bertz CT molecular complexity index is 5510. The summed E-state index contributed by atoms with van der Waals surface area (Å²) in [5, 5.41) is 12.7. The molecule has 13 aromatic rings. The molecule has 13 rings (SSSR count). The highest BCUT2D eigenvalue weighted by Crippen LogP contribution is 2.43. The molecule has 0 saturated heterocycles. The van der Waals surface area contributed by atoms with Gasteiger partial charge in [-0.1, -0.05) is 86.0 Å². The number of aromatic nitrogens is 6. The fraction of sp³-hybridized carbons (Fsp3) is 0.0800. The minimum atomic E-state index is -4.09. The maximum absolute atomic E-state index is 14.6. The number of carbonyl (C=O) groups excluding carboxylic acids is 1. The molecule has 0 aliphatic heterocycles. The van der Waals surface area contributed by atoms with Crippen LogP contribution in [0.4, 0.5) is 43.4 Å². The summed E-state index contributed by atoms with van der Waals surface area (Å²) in [6.07, 6.45) is 9.57. The highest BCUT2D eigenvalue weighted by atomic mass is 79.9. The van der Waals surface area contributed by atoms with E-state index >= 15 is 0 Å². The number of carbonyl (C=O) groups is 2. The maximum atomic E-state index is 14.6. The molecule has 8 N–H and O–H groups in total. The van der Waals surface area contributed by atoms with Crippen LogP contribution in [0.1, 0.15) is 19.4 Å². The van der Waals surface area contributed by atoms with Crippen molar-refractivity contribution in [3.8, 4) is 84.0 Å². The van der Waals surface area contributed by atoms with E-state index in [0.717, 1.165) is 60.9 Å². The van der Waals surface area contributed by atoms with Gasteiger partial charge in [0.15, 0.2) is 40.3 Å². The molecule has 0 aliphatic rings. The molecule has 6 aromatic heterocycles. The molecule has 26 heteroatoms. The number of carboxylic acid groups (broad SMARTS) is 1. The van der Waals surface area contributed by atoms with Gasteiger partial charge in [-0.25, -0.2) is 58.5 Å². The van der Waals surface area contributed by atoms with E-state index in [1.165, 1.54) is 69.9 Å². The molecule has 6 heterocycles. The van der Waals surface area contributed by atoms with Crippen LogP contribution in [0.2, 0.25) is 0 Å². The summed E-state index contributed by atoms with van der Waals surface area (Å²) >= 11 is 6.03. The zero-order chi connectivity index (χ0) is 72.6. The fourth-order valence-corrected chi connectivity index (χ4v) is 12.4. The number of rotatable bonds is 14. The molecule has 17 nitrogen and oxygen atoms in total. The van der Waals surface area contributed by atoms with Gasteiger partial charge in [-0.2, -0.15) is 0 Å². The Balaban J connectivity index is 0.000000157. The van der Waals surface area contributed by atoms with Gasteiger partial charge >= 0.3 is 5.97 Å². The normalized spacial score (nSPS) is 11.5. The van der Waals surface area contributed by atoms with E-state index in [4.69, 9.17) is 30.8 Å². The molecular formula is C75H59Br2F6N9O8S. The van der Waals surface area contributed by atoms with Gasteiger partial charge in [0.2, 0.25) is 0 Å². The number of benzene rings is 7. The van der Waals surface area contributed by atoms with E-state index in [-0.39, 0.29) is 50.4 Å². The summed E-state index contributed by atoms with van der Waals surface area (Å²) in [6.45, 7) is 5.06. The summed E-state index contributed by atoms with van der Waals surface area (Å²) in [6, 6.07) is 39.6. The van der Waals surface area contributed by atoms with Crippen molar-refractivity contribution in [2.45, 2.75) is 25.7 Å². The second kappa shape index (κ2) is 31.2. The van der Waals surface area contributed by atoms with Crippen molar-refractivity contribution in [1.29, 1.82) is 0 Å². The summed E-state index contributed by atoms with van der Waals surface area (Å²) in [5.74, 6) is -6.02. The van der Waals surface area contributed by atoms with Crippen LogP contribution in [0.5, 0.6) is 17.2 Å². The third kappa shape index (κ3) is 16.0. The second-order valence-electron chi connectivity index (χ2n) is 22.5. The van der Waals surface area contributed by atoms with Gasteiger partial charge in [0.05, 0.1) is 26.2 Å². The standard InChI is InChI=1S/C27H21F2N3O3S.C24H18BrF2N3O2.C20H15F2N3O.C4H5BrO2/c1-16-6-8-21(9-7-16)36(33,34)32-15-24(22-12-19(28)13-25(29)26(22)35-2)23-11-18(14-31-27(23)32)17-4-3-5-20(30)10-17;1-13(10-25)24(31)30-17-5-3-4-14(6-17)15-7-19-20(12-29-23(19)28-11-15)18-8-16(26)9-21(27)22(18)32-2;1-26-19-15(7-13(21)8-18(19)22)17-10-25-20-16(17)6-12(9-24-20)11-3-2-4-14(23)5-11;1-3(2-5)4(6)7/h3-15H,30H2,1-2H3;3-12H,1-2H3,(H,28,29)(H,30,31);2-10H,23H2,1H3,(H,24,25);2H,1H3,(H,6,7)/b;13-10+;;3-2+. The first kappa shape index (κ1) is 72.3. The molecule has 0 bridgehead atoms. The first-order chi connectivity index (χ1) is 48.3. The number of carboxylic acids is 1. The number of amides is 1. The van der Waals surface area contributed by atoms with Gasteiger partial charge in [-0.15, -0.1) is 0 Å². The number of fused-ring (bicyclic) bond motifs is 3. The van der Waals surface area contributed by atoms with E-state index in [1.54, 1.807) is 85.2 Å². The maximum Gasteiger partial charge on any atom is 0.331 e. The minimum Gasteiger partial charge on any atom is -0.493 e. The van der Waals surface area contributed by atoms with Crippen molar-refractivity contribution in [1.82, 2.24) is 28.9 Å². The van der Waals surface area contributed by atoms with Crippen molar-refractivity contribution in [3.63, 3.8) is 0 Å². The number of aryl methyl sites for hydroxylation is 1. The van der Waals surface area contributed by atoms with Crippen LogP contribution < -0.4 is 31.0 Å². The van der Waals surface area contributed by atoms with Gasteiger partial charge in [0, 0.05) is 150 Å². The molecule has 0 saturated carbocycles. The molecule has 0 fully saturated rings. The Hall–Kier alpha value is -11.5. The number of nitrogens with one attached hydrogen (secondary N) is 3. The molecule has 0 aliphatic carbocycles. The molecule has 0 spiro atoms. The third-order valence-corrected chi connectivity index (χ3v) is 18.7. The van der Waals surface area contributed by atoms with Crippen molar-refractivity contribution in [2.75, 3.05) is 38.1 Å². The zero-order valence-electron chi connectivity index (χ0n) is 54.2. The van der Waals surface area contributed by atoms with Crippen LogP contribution in [0, 0.1) is 41.8 Å². The number of H-pyrrole nitrogens is 2. The van der Waals surface area contributed by atoms with Gasteiger partial charge in [-0.3, -0.25) is 4.79 Å². The molecule has 101 heavy (non-hydrogen) atoms. The predicted molar refractivity (Wildman–Crippen MR) is 388 cm³/mol. The first-order valence-electron chi connectivity index (χ1n) is 30.1. The van der Waals surface area contributed by atoms with E-state index in [0.29, 0.717) is 78.6 Å². The Labute approximate surface area is 591 Å². The van der Waals surface area contributed by atoms with Crippen molar-refractivity contribution in [2.24, 2.45) is 0 Å². The lowest BCUT2D eigenvalue weighted by Gasteiger charge is -2.10. The molecule has 514 valence electrons. The van der Waals surface area contributed by atoms with Gasteiger partial charge in [0.1, 0.15) is 28.7 Å². The number of methoxy groups -OCH3 is 3. The van der Waals surface area contributed by atoms with Crippen LogP contribution in [-0.2, 0) is 19.6 Å². The van der Waals surface area contributed by atoms with Crippen LogP contribution in [0.15, 0.2) is 215 Å². The lowest BCUT2D eigenvalue weighted by Crippen LogP contribution is -2.12. The number of hydrogen-bond acceptors (Lipinski definition) is 12. The Morgan fingerprint density at radius 2 is 0.941 bits per heavy atom. The van der Waals surface area contributed by atoms with E-state index in [2.05, 4.69) is 62.1 Å². The van der Waals surface area contributed by atoms with Crippen molar-refractivity contribution >= 4 is 104 Å². The molecule has 0 atom stereocenters. The zero-order valence-corrected chi connectivity index (χ0v) is 58.2. The molecule has 0 radical (unpaired) electrons. The van der Waals surface area contributed by atoms with Gasteiger partial charge < -0.3 is 46.1 Å². The lowest BCUT2D eigenvalue weighted by atomic mass is 10.0. The Morgan fingerprint density at radius 1 is 0.525 bits per heavy atom. The van der Waals surface area contributed by atoms with E-state index in [9.17, 15) is 44.3 Å². The number of anilines is 3. The van der Waals surface area contributed by atoms with Gasteiger partial charge in [0.25, 0.3) is 15.9 Å². The number of aromatic amines is 2. The molecular weight excluding hydrogens is 1460 g/mol. The number of halogens is 8. The second-order valence-corrected chi connectivity index (χ2v) is 25.2. The largest absolute Gasteiger partial charge is 0.493 e. The average Bonchev–Trinajstić information content (AvgIpc) is 1.65. The molecule has 1 amide bonds. The SMILES string of the molecule is C/C(=C\Br)C(=O)O.COc1c(F)cc(F)cc1-c1c[nH]c2ncc(-c3cccc(N)c3)cc12.COc1c(F)cc(F)cc1-c1c[nH]c2ncc(-c3cccc(NC(=O)/C(C)=C/Br)c3)cc12.COc1c(F)cc(F)cc1-c1cn(S(=O)(=O)c2ccc(C)cc2)c2ncc(-c3cccc(N)c3)cc12. The smallest absolute Gasteiger partial charge is 0.331 e. The number of nitrogens with two attached hydrogens (primary N) is 2. The van der Waals surface area contributed by atoms with E-state index < -0.39 is 50.9 Å². The number of nitrogen functional groups attached to an aromatic ring is 2. The van der Waals surface area contributed by atoms with Crippen molar-refractivity contribution in [3.05, 3.63) is 250 Å². The minimum absolute atomic E-state index is 0.0124. The highest BCUT2D eigenvalue weighted by molar-refractivity contribution is 9.11. The van der Waals surface area contributed by atoms with Crippen LogP contribution in [0.25, 0.3) is 99.9 Å². The summed E-state index contributed by atoms with van der Waals surface area (Å²) in [7, 11) is -0.135. The summed E-state index contributed by atoms with van der Waals surface area (Å²) in [4.78, 5) is 44.3.